The molecular formula is C16H22O4. The van der Waals surface area contributed by atoms with Gasteiger partial charge in [-0.15, -0.1) is 0 Å². The van der Waals surface area contributed by atoms with Crippen molar-refractivity contribution >= 4 is 11.9 Å². The van der Waals surface area contributed by atoms with Crippen LogP contribution in [0.25, 0.3) is 0 Å². The van der Waals surface area contributed by atoms with Crippen LogP contribution in [0.4, 0.5) is 0 Å². The van der Waals surface area contributed by atoms with Crippen molar-refractivity contribution in [3.63, 3.8) is 0 Å². The van der Waals surface area contributed by atoms with Gasteiger partial charge in [-0.2, -0.15) is 0 Å². The summed E-state index contributed by atoms with van der Waals surface area (Å²) < 4.78 is 10.4. The summed E-state index contributed by atoms with van der Waals surface area (Å²) >= 11 is 0. The summed E-state index contributed by atoms with van der Waals surface area (Å²) in [5.74, 6) is -0.916. The molecule has 20 heavy (non-hydrogen) atoms. The van der Waals surface area contributed by atoms with Crippen molar-refractivity contribution in [2.24, 2.45) is 17.3 Å². The van der Waals surface area contributed by atoms with Crippen molar-refractivity contribution in [2.45, 2.75) is 33.1 Å². The standard InChI is InChI=1S/C16H22O4/c1-4-19-14(17)16(15(18)20-5-2)10-11(3)12-8-6-7-9-13(12)16/h6,8,12-13H,3-5,7,9-10H2,1-2H3. The molecule has 110 valence electrons. The van der Waals surface area contributed by atoms with Crippen molar-refractivity contribution in [1.82, 2.24) is 0 Å². The highest BCUT2D eigenvalue weighted by Gasteiger charge is 2.61. The number of ether oxygens (including phenoxy) is 2. The minimum Gasteiger partial charge on any atom is -0.465 e. The fourth-order valence-corrected chi connectivity index (χ4v) is 3.46. The molecule has 0 spiro atoms. The van der Waals surface area contributed by atoms with Crippen molar-refractivity contribution in [1.29, 1.82) is 0 Å². The first-order valence-corrected chi connectivity index (χ1v) is 7.26. The molecule has 0 aromatic heterocycles. The van der Waals surface area contributed by atoms with E-state index in [2.05, 4.69) is 18.7 Å². The molecule has 0 radical (unpaired) electrons. The van der Waals surface area contributed by atoms with E-state index in [-0.39, 0.29) is 25.0 Å². The molecule has 1 saturated carbocycles. The van der Waals surface area contributed by atoms with Crippen molar-refractivity contribution in [2.75, 3.05) is 13.2 Å². The molecule has 0 aromatic rings. The number of carbonyl (C=O) groups excluding carboxylic acids is 2. The Morgan fingerprint density at radius 3 is 2.45 bits per heavy atom. The summed E-state index contributed by atoms with van der Waals surface area (Å²) in [7, 11) is 0. The topological polar surface area (TPSA) is 52.6 Å². The van der Waals surface area contributed by atoms with Gasteiger partial charge in [0.2, 0.25) is 0 Å². The Hall–Kier alpha value is -1.58. The largest absolute Gasteiger partial charge is 0.465 e. The Balaban J connectivity index is 2.41. The molecule has 2 aliphatic carbocycles. The van der Waals surface area contributed by atoms with Gasteiger partial charge in [0.05, 0.1) is 13.2 Å². The number of hydrogen-bond donors (Lipinski definition) is 0. The number of esters is 2. The maximum atomic E-state index is 12.5. The number of rotatable bonds is 4. The molecule has 4 nitrogen and oxygen atoms in total. The highest BCUT2D eigenvalue weighted by Crippen LogP contribution is 2.55. The third kappa shape index (κ3) is 2.17. The molecule has 0 aliphatic heterocycles. The molecule has 2 atom stereocenters. The SMILES string of the molecule is C=C1CC(C(=O)OCC)(C(=O)OCC)C2CCC=CC12. The summed E-state index contributed by atoms with van der Waals surface area (Å²) in [6.07, 6.45) is 6.16. The average Bonchev–Trinajstić information content (AvgIpc) is 2.74. The van der Waals surface area contributed by atoms with Crippen molar-refractivity contribution < 1.29 is 19.1 Å². The molecular weight excluding hydrogens is 256 g/mol. The second-order valence-electron chi connectivity index (χ2n) is 5.39. The van der Waals surface area contributed by atoms with Gasteiger partial charge in [-0.3, -0.25) is 9.59 Å². The molecule has 0 bridgehead atoms. The molecule has 0 saturated heterocycles. The minimum absolute atomic E-state index is 0.0811. The Kier molecular flexibility index (Phi) is 4.31. The van der Waals surface area contributed by atoms with Crippen LogP contribution in [-0.4, -0.2) is 25.2 Å². The maximum absolute atomic E-state index is 12.5. The average molecular weight is 278 g/mol. The van der Waals surface area contributed by atoms with Gasteiger partial charge in [0.25, 0.3) is 0 Å². The Bertz CT molecular complexity index is 431. The van der Waals surface area contributed by atoms with Crippen LogP contribution >= 0.6 is 0 Å². The smallest absolute Gasteiger partial charge is 0.324 e. The van der Waals surface area contributed by atoms with Crippen LogP contribution in [0, 0.1) is 17.3 Å². The van der Waals surface area contributed by atoms with Crippen LogP contribution in [0.15, 0.2) is 24.3 Å². The lowest BCUT2D eigenvalue weighted by Crippen LogP contribution is -2.46. The predicted octanol–water partition coefficient (Wildman–Crippen LogP) is 2.64. The Morgan fingerprint density at radius 1 is 1.30 bits per heavy atom. The molecule has 2 rings (SSSR count). The van der Waals surface area contributed by atoms with Crippen LogP contribution in [-0.2, 0) is 19.1 Å². The lowest BCUT2D eigenvalue weighted by Gasteiger charge is -2.33. The van der Waals surface area contributed by atoms with Crippen molar-refractivity contribution in [3.8, 4) is 0 Å². The van der Waals surface area contributed by atoms with Gasteiger partial charge in [-0.1, -0.05) is 24.3 Å². The van der Waals surface area contributed by atoms with E-state index in [1.807, 2.05) is 0 Å². The van der Waals surface area contributed by atoms with Crippen LogP contribution in [0.2, 0.25) is 0 Å². The molecule has 0 aromatic carbocycles. The van der Waals surface area contributed by atoms with Gasteiger partial charge in [-0.25, -0.2) is 0 Å². The fourth-order valence-electron chi connectivity index (χ4n) is 3.46. The zero-order valence-corrected chi connectivity index (χ0v) is 12.2. The van der Waals surface area contributed by atoms with Gasteiger partial charge < -0.3 is 9.47 Å². The summed E-state index contributed by atoms with van der Waals surface area (Å²) in [4.78, 5) is 25.0. The zero-order chi connectivity index (χ0) is 14.8. The van der Waals surface area contributed by atoms with Gasteiger partial charge in [-0.05, 0) is 39.0 Å². The minimum atomic E-state index is -1.20. The van der Waals surface area contributed by atoms with E-state index < -0.39 is 17.4 Å². The van der Waals surface area contributed by atoms with E-state index in [1.165, 1.54) is 0 Å². The van der Waals surface area contributed by atoms with Crippen LogP contribution in [0.3, 0.4) is 0 Å². The van der Waals surface area contributed by atoms with Crippen LogP contribution < -0.4 is 0 Å². The first-order chi connectivity index (χ1) is 9.57. The van der Waals surface area contributed by atoms with Crippen LogP contribution in [0.1, 0.15) is 33.1 Å². The molecule has 2 aliphatic rings. The first kappa shape index (κ1) is 14.8. The number of fused-ring (bicyclic) bond motifs is 1. The van der Waals surface area contributed by atoms with Crippen LogP contribution in [0.5, 0.6) is 0 Å². The second-order valence-corrected chi connectivity index (χ2v) is 5.39. The molecule has 2 unspecified atom stereocenters. The summed E-state index contributed by atoms with van der Waals surface area (Å²) in [6.45, 7) is 8.08. The summed E-state index contributed by atoms with van der Waals surface area (Å²) in [5, 5.41) is 0. The monoisotopic (exact) mass is 278 g/mol. The Morgan fingerprint density at radius 2 is 1.90 bits per heavy atom. The van der Waals surface area contributed by atoms with E-state index in [9.17, 15) is 9.59 Å². The van der Waals surface area contributed by atoms with Gasteiger partial charge in [0.1, 0.15) is 0 Å². The highest BCUT2D eigenvalue weighted by molar-refractivity contribution is 6.01. The predicted molar refractivity (Wildman–Crippen MR) is 74.8 cm³/mol. The van der Waals surface area contributed by atoms with E-state index >= 15 is 0 Å². The number of carbonyl (C=O) groups is 2. The fraction of sp³-hybridized carbons (Fsp3) is 0.625. The number of allylic oxidation sites excluding steroid dienone is 3. The van der Waals surface area contributed by atoms with E-state index in [0.29, 0.717) is 6.42 Å². The maximum Gasteiger partial charge on any atom is 0.324 e. The lowest BCUT2D eigenvalue weighted by atomic mass is 9.71. The quantitative estimate of drug-likeness (QED) is 0.450. The molecule has 4 heteroatoms. The third-order valence-electron chi connectivity index (χ3n) is 4.31. The van der Waals surface area contributed by atoms with E-state index in [4.69, 9.17) is 9.47 Å². The normalized spacial score (nSPS) is 27.0. The summed E-state index contributed by atoms with van der Waals surface area (Å²) in [6, 6.07) is 0. The van der Waals surface area contributed by atoms with Crippen molar-refractivity contribution in [3.05, 3.63) is 24.3 Å². The number of hydrogen-bond acceptors (Lipinski definition) is 4. The van der Waals surface area contributed by atoms with Gasteiger partial charge in [0, 0.05) is 5.92 Å². The molecule has 0 N–H and O–H groups in total. The lowest BCUT2D eigenvalue weighted by molar-refractivity contribution is -0.175. The van der Waals surface area contributed by atoms with E-state index in [0.717, 1.165) is 18.4 Å². The molecule has 0 heterocycles. The van der Waals surface area contributed by atoms with Gasteiger partial charge >= 0.3 is 11.9 Å². The highest BCUT2D eigenvalue weighted by atomic mass is 16.6. The van der Waals surface area contributed by atoms with Gasteiger partial charge in [0.15, 0.2) is 5.41 Å². The van der Waals surface area contributed by atoms with E-state index in [1.54, 1.807) is 13.8 Å². The zero-order valence-electron chi connectivity index (χ0n) is 12.2. The third-order valence-corrected chi connectivity index (χ3v) is 4.31. The second kappa shape index (κ2) is 5.81. The Labute approximate surface area is 119 Å². The summed E-state index contributed by atoms with van der Waals surface area (Å²) in [5.41, 5.74) is -0.273. The first-order valence-electron chi connectivity index (χ1n) is 7.26. The molecule has 1 fully saturated rings. The molecule has 0 amide bonds.